The molecule has 2 N–H and O–H groups in total. The molecule has 0 unspecified atom stereocenters. The summed E-state index contributed by atoms with van der Waals surface area (Å²) < 4.78 is 46.1. The first-order valence-corrected chi connectivity index (χ1v) is 8.41. The van der Waals surface area contributed by atoms with E-state index in [1.54, 1.807) is 20.8 Å². The second-order valence-electron chi connectivity index (χ2n) is 4.92. The molecule has 0 saturated carbocycles. The molecule has 0 aliphatic rings. The van der Waals surface area contributed by atoms with Gasteiger partial charge in [0.15, 0.2) is 9.84 Å². The van der Waals surface area contributed by atoms with Gasteiger partial charge in [-0.15, -0.1) is 0 Å². The van der Waals surface area contributed by atoms with Crippen LogP contribution in [0.1, 0.15) is 20.8 Å². The number of nitrogens with zero attached hydrogens (tertiary/aromatic N) is 2. The smallest absolute Gasteiger partial charge is 0.241 e. The van der Waals surface area contributed by atoms with E-state index in [2.05, 4.69) is 5.10 Å². The molecular formula is C9H17N3O4S2. The summed E-state index contributed by atoms with van der Waals surface area (Å²) in [5.74, 6) is -0.109. The molecule has 0 amide bonds. The molecule has 0 aliphatic carbocycles. The molecule has 1 rings (SSSR count). The van der Waals surface area contributed by atoms with Crippen molar-refractivity contribution in [2.24, 2.45) is 5.14 Å². The number of hydrogen-bond acceptors (Lipinski definition) is 5. The molecule has 0 fully saturated rings. The standard InChI is InChI=1S/C9H17N3O4S2/c1-9(2,3)17(13,14)5-4-12-7-8(6-11-12)18(10,15)16/h6-7H,4-5H2,1-3H3,(H2,10,15,16). The molecule has 104 valence electrons. The molecule has 0 spiro atoms. The van der Waals surface area contributed by atoms with Crippen LogP contribution in [-0.4, -0.2) is 37.1 Å². The quantitative estimate of drug-likeness (QED) is 0.822. The summed E-state index contributed by atoms with van der Waals surface area (Å²) in [5, 5.41) is 8.68. The van der Waals surface area contributed by atoms with E-state index < -0.39 is 24.6 Å². The van der Waals surface area contributed by atoms with Crippen LogP contribution < -0.4 is 5.14 Å². The van der Waals surface area contributed by atoms with Gasteiger partial charge in [-0.25, -0.2) is 22.0 Å². The summed E-state index contributed by atoms with van der Waals surface area (Å²) in [6, 6.07) is 0. The Kier molecular flexibility index (Phi) is 3.89. The van der Waals surface area contributed by atoms with Gasteiger partial charge in [-0.05, 0) is 20.8 Å². The van der Waals surface area contributed by atoms with Gasteiger partial charge in [-0.2, -0.15) is 5.10 Å². The molecule has 9 heteroatoms. The second-order valence-corrected chi connectivity index (χ2v) is 9.34. The van der Waals surface area contributed by atoms with Gasteiger partial charge in [-0.1, -0.05) is 0 Å². The maximum Gasteiger partial charge on any atom is 0.241 e. The van der Waals surface area contributed by atoms with Crippen LogP contribution in [0.2, 0.25) is 0 Å². The van der Waals surface area contributed by atoms with Gasteiger partial charge in [0.05, 0.1) is 23.2 Å². The molecule has 0 bridgehead atoms. The van der Waals surface area contributed by atoms with Crippen molar-refractivity contribution in [1.82, 2.24) is 9.78 Å². The molecule has 18 heavy (non-hydrogen) atoms. The highest BCUT2D eigenvalue weighted by molar-refractivity contribution is 7.92. The summed E-state index contributed by atoms with van der Waals surface area (Å²) in [6.07, 6.45) is 2.31. The van der Waals surface area contributed by atoms with Crippen LogP contribution in [0.4, 0.5) is 0 Å². The number of sulfone groups is 1. The fraction of sp³-hybridized carbons (Fsp3) is 0.667. The minimum atomic E-state index is -3.80. The molecule has 7 nitrogen and oxygen atoms in total. The van der Waals surface area contributed by atoms with E-state index in [1.165, 1.54) is 10.9 Å². The molecule has 1 aromatic heterocycles. The maximum absolute atomic E-state index is 11.8. The van der Waals surface area contributed by atoms with Crippen molar-refractivity contribution >= 4 is 19.9 Å². The molecule has 0 aliphatic heterocycles. The highest BCUT2D eigenvalue weighted by Crippen LogP contribution is 2.16. The lowest BCUT2D eigenvalue weighted by atomic mass is 10.3. The van der Waals surface area contributed by atoms with Crippen molar-refractivity contribution in [3.05, 3.63) is 12.4 Å². The Bertz CT molecular complexity index is 623. The van der Waals surface area contributed by atoms with Crippen LogP contribution >= 0.6 is 0 Å². The third kappa shape index (κ3) is 3.53. The minimum absolute atomic E-state index is 0.0924. The largest absolute Gasteiger partial charge is 0.270 e. The Hall–Kier alpha value is -0.930. The average molecular weight is 295 g/mol. The predicted molar refractivity (Wildman–Crippen MR) is 67.1 cm³/mol. The Morgan fingerprint density at radius 3 is 2.22 bits per heavy atom. The lowest BCUT2D eigenvalue weighted by molar-refractivity contribution is 0.548. The zero-order valence-corrected chi connectivity index (χ0v) is 12.1. The number of nitrogens with two attached hydrogens (primary N) is 1. The number of aromatic nitrogens is 2. The zero-order valence-electron chi connectivity index (χ0n) is 10.5. The fourth-order valence-corrected chi connectivity index (χ4v) is 2.64. The topological polar surface area (TPSA) is 112 Å². The Morgan fingerprint density at radius 1 is 1.28 bits per heavy atom. The third-order valence-electron chi connectivity index (χ3n) is 2.46. The van der Waals surface area contributed by atoms with E-state index >= 15 is 0 Å². The fourth-order valence-electron chi connectivity index (χ4n) is 1.13. The molecule has 0 aromatic carbocycles. The number of sulfonamides is 1. The van der Waals surface area contributed by atoms with Crippen LogP contribution in [-0.2, 0) is 26.4 Å². The van der Waals surface area contributed by atoms with Crippen LogP contribution in [0, 0.1) is 0 Å². The van der Waals surface area contributed by atoms with Crippen LogP contribution in [0.5, 0.6) is 0 Å². The van der Waals surface area contributed by atoms with Crippen LogP contribution in [0.25, 0.3) is 0 Å². The van der Waals surface area contributed by atoms with Crippen LogP contribution in [0.3, 0.4) is 0 Å². The Morgan fingerprint density at radius 2 is 1.83 bits per heavy atom. The SMILES string of the molecule is CC(C)(C)S(=O)(=O)CCn1cc(S(N)(=O)=O)cn1. The van der Waals surface area contributed by atoms with Crippen molar-refractivity contribution in [3.63, 3.8) is 0 Å². The summed E-state index contributed by atoms with van der Waals surface area (Å²) >= 11 is 0. The number of aryl methyl sites for hydroxylation is 1. The first kappa shape index (κ1) is 15.1. The highest BCUT2D eigenvalue weighted by atomic mass is 32.2. The predicted octanol–water partition coefficient (Wildman–Crippen LogP) is -0.256. The monoisotopic (exact) mass is 295 g/mol. The van der Waals surface area contributed by atoms with Gasteiger partial charge in [0.1, 0.15) is 4.90 Å². The van der Waals surface area contributed by atoms with E-state index in [1.807, 2.05) is 0 Å². The Balaban J connectivity index is 2.81. The van der Waals surface area contributed by atoms with Crippen molar-refractivity contribution in [2.75, 3.05) is 5.75 Å². The minimum Gasteiger partial charge on any atom is -0.270 e. The van der Waals surface area contributed by atoms with Gasteiger partial charge in [0, 0.05) is 6.20 Å². The van der Waals surface area contributed by atoms with E-state index in [9.17, 15) is 16.8 Å². The summed E-state index contributed by atoms with van der Waals surface area (Å²) in [6.45, 7) is 4.93. The van der Waals surface area contributed by atoms with E-state index in [0.717, 1.165) is 6.20 Å². The Labute approximate surface area is 107 Å². The molecule has 0 atom stereocenters. The lowest BCUT2D eigenvalue weighted by Crippen LogP contribution is -2.32. The van der Waals surface area contributed by atoms with Gasteiger partial charge in [0.25, 0.3) is 0 Å². The lowest BCUT2D eigenvalue weighted by Gasteiger charge is -2.18. The van der Waals surface area contributed by atoms with Gasteiger partial charge in [0.2, 0.25) is 10.0 Å². The summed E-state index contributed by atoms with van der Waals surface area (Å²) in [5.41, 5.74) is 0. The molecule has 0 radical (unpaired) electrons. The second kappa shape index (κ2) is 4.63. The zero-order chi connectivity index (χ0) is 14.2. The maximum atomic E-state index is 11.8. The van der Waals surface area contributed by atoms with Gasteiger partial charge >= 0.3 is 0 Å². The number of hydrogen-bond donors (Lipinski definition) is 1. The average Bonchev–Trinajstić information content (AvgIpc) is 2.60. The summed E-state index contributed by atoms with van der Waals surface area (Å²) in [4.78, 5) is -0.129. The van der Waals surface area contributed by atoms with Crippen molar-refractivity contribution in [2.45, 2.75) is 37.0 Å². The summed E-state index contributed by atoms with van der Waals surface area (Å²) in [7, 11) is -7.06. The molecule has 0 saturated heterocycles. The van der Waals surface area contributed by atoms with Gasteiger partial charge < -0.3 is 0 Å². The first-order chi connectivity index (χ1) is 7.93. The van der Waals surface area contributed by atoms with E-state index in [4.69, 9.17) is 5.14 Å². The van der Waals surface area contributed by atoms with E-state index in [-0.39, 0.29) is 17.2 Å². The molecule has 1 heterocycles. The number of primary sulfonamides is 1. The number of rotatable bonds is 4. The third-order valence-corrected chi connectivity index (χ3v) is 5.91. The molecular weight excluding hydrogens is 278 g/mol. The molecule has 1 aromatic rings. The van der Waals surface area contributed by atoms with Gasteiger partial charge in [-0.3, -0.25) is 4.68 Å². The van der Waals surface area contributed by atoms with Crippen molar-refractivity contribution < 1.29 is 16.8 Å². The van der Waals surface area contributed by atoms with Crippen molar-refractivity contribution in [3.8, 4) is 0 Å². The first-order valence-electron chi connectivity index (χ1n) is 5.21. The highest BCUT2D eigenvalue weighted by Gasteiger charge is 2.28. The van der Waals surface area contributed by atoms with E-state index in [0.29, 0.717) is 0 Å². The van der Waals surface area contributed by atoms with Crippen molar-refractivity contribution in [1.29, 1.82) is 0 Å². The van der Waals surface area contributed by atoms with Crippen LogP contribution in [0.15, 0.2) is 17.3 Å². The normalized spacial score (nSPS) is 13.8.